The standard InChI is InChI=1S/C48H54N4O11/c1-7-60-41-19-30-32-17-28(11-13-36(32)51-46(34(30)21-39(41)56-3)26-9-15-43(58-5)49-24-26)62-45(54)23-38(53)48(55)63-29-12-14-37-33(18-29)31-20-42(61-8-2)40(57-4)22-35(31)47(52-37)27-10-16-44(59-6)50-25-27/h9-10,15-16,19-22,24-25,28-29,32-33,36-38,53H,7-8,11-14,17-18,23H2,1-6H3/t28-,29-,32-,33-,36-,37-,38?/m0/s1. The van der Waals surface area contributed by atoms with E-state index in [2.05, 4.69) is 9.97 Å². The van der Waals surface area contributed by atoms with Crippen LogP contribution in [0.15, 0.2) is 70.9 Å². The lowest BCUT2D eigenvalue weighted by Crippen LogP contribution is -2.39. The lowest BCUT2D eigenvalue weighted by atomic mass is 9.74. The summed E-state index contributed by atoms with van der Waals surface area (Å²) in [5.74, 6) is 1.68. The van der Waals surface area contributed by atoms with Crippen molar-refractivity contribution < 1.29 is 52.6 Å². The van der Waals surface area contributed by atoms with Crippen molar-refractivity contribution >= 4 is 23.4 Å². The van der Waals surface area contributed by atoms with Crippen LogP contribution < -0.4 is 28.4 Å². The molecule has 4 aliphatic rings. The monoisotopic (exact) mass is 862 g/mol. The van der Waals surface area contributed by atoms with Gasteiger partial charge in [-0.25, -0.2) is 14.8 Å². The molecular formula is C48H54N4O11. The number of methoxy groups -OCH3 is 4. The van der Waals surface area contributed by atoms with E-state index >= 15 is 0 Å². The number of rotatable bonds is 15. The summed E-state index contributed by atoms with van der Waals surface area (Å²) < 4.78 is 45.8. The molecule has 0 amide bonds. The zero-order valence-electron chi connectivity index (χ0n) is 36.5. The number of hydrogen-bond acceptors (Lipinski definition) is 15. The maximum Gasteiger partial charge on any atom is 0.335 e. The molecule has 0 radical (unpaired) electrons. The van der Waals surface area contributed by atoms with Crippen LogP contribution in [0.1, 0.15) is 104 Å². The number of hydrogen-bond donors (Lipinski definition) is 1. The zero-order chi connectivity index (χ0) is 44.2. The van der Waals surface area contributed by atoms with E-state index < -0.39 is 36.7 Å². The number of esters is 2. The van der Waals surface area contributed by atoms with E-state index in [0.717, 1.165) is 44.8 Å². The molecule has 7 atom stereocenters. The van der Waals surface area contributed by atoms with Crippen molar-refractivity contribution in [1.29, 1.82) is 0 Å². The fourth-order valence-corrected chi connectivity index (χ4v) is 9.39. The van der Waals surface area contributed by atoms with Crippen LogP contribution >= 0.6 is 0 Å². The SMILES string of the molecule is CCOc1cc2c(cc1OC)C(c1ccc(OC)nc1)=N[C@H]1CC[C@H](OC(=O)CC(O)C(=O)O[C@H]3CC[C@@H]4N=C(c5ccc(OC)nc5)c5cc(OC)c(OCC)cc5[C@@H]4C3)C[C@@H]21. The van der Waals surface area contributed by atoms with Crippen molar-refractivity contribution in [2.45, 2.75) is 101 Å². The molecule has 1 N–H and O–H groups in total. The third-order valence-corrected chi connectivity index (χ3v) is 12.4. The Balaban J connectivity index is 0.931. The molecule has 0 bridgehead atoms. The van der Waals surface area contributed by atoms with Gasteiger partial charge in [0.15, 0.2) is 29.1 Å². The number of fused-ring (bicyclic) bond motifs is 6. The summed E-state index contributed by atoms with van der Waals surface area (Å²) in [7, 11) is 6.35. The second-order valence-corrected chi connectivity index (χ2v) is 16.0. The van der Waals surface area contributed by atoms with E-state index in [1.165, 1.54) is 0 Å². The van der Waals surface area contributed by atoms with E-state index in [9.17, 15) is 14.7 Å². The minimum Gasteiger partial charge on any atom is -0.493 e. The van der Waals surface area contributed by atoms with Gasteiger partial charge in [-0.05, 0) is 99.9 Å². The zero-order valence-corrected chi connectivity index (χ0v) is 36.5. The van der Waals surface area contributed by atoms with E-state index in [1.807, 2.05) is 50.2 Å². The van der Waals surface area contributed by atoms with Crippen molar-refractivity contribution in [1.82, 2.24) is 9.97 Å². The molecule has 15 nitrogen and oxygen atoms in total. The van der Waals surface area contributed by atoms with Crippen LogP contribution in [-0.2, 0) is 19.1 Å². The molecule has 2 fully saturated rings. The second kappa shape index (κ2) is 19.0. The minimum absolute atomic E-state index is 0.0799. The van der Waals surface area contributed by atoms with Gasteiger partial charge in [-0.1, -0.05) is 0 Å². The van der Waals surface area contributed by atoms with E-state index in [-0.39, 0.29) is 23.9 Å². The number of pyridine rings is 2. The minimum atomic E-state index is -1.69. The number of aromatic nitrogens is 2. The number of aliphatic hydroxyl groups is 1. The number of carbonyl (C=O) groups excluding carboxylic acids is 2. The number of nitrogens with zero attached hydrogens (tertiary/aromatic N) is 4. The molecule has 1 unspecified atom stereocenters. The first kappa shape index (κ1) is 43.4. The third-order valence-electron chi connectivity index (χ3n) is 12.4. The van der Waals surface area contributed by atoms with Gasteiger partial charge >= 0.3 is 11.9 Å². The van der Waals surface area contributed by atoms with Crippen molar-refractivity contribution in [3.05, 3.63) is 94.3 Å². The Morgan fingerprint density at radius 2 is 1.11 bits per heavy atom. The first-order chi connectivity index (χ1) is 30.6. The van der Waals surface area contributed by atoms with E-state index in [0.29, 0.717) is 86.5 Å². The smallest absolute Gasteiger partial charge is 0.335 e. The lowest BCUT2D eigenvalue weighted by Gasteiger charge is -2.39. The fraction of sp³-hybridized carbons (Fsp3) is 0.458. The van der Waals surface area contributed by atoms with Crippen LogP contribution in [-0.4, -0.2) is 110 Å². The highest BCUT2D eigenvalue weighted by Gasteiger charge is 2.42. The predicted molar refractivity (Wildman–Crippen MR) is 232 cm³/mol. The normalized spacial score (nSPS) is 22.6. The summed E-state index contributed by atoms with van der Waals surface area (Å²) in [5, 5.41) is 11.0. The van der Waals surface area contributed by atoms with Gasteiger partial charge < -0.3 is 43.0 Å². The Labute approximate surface area is 366 Å². The van der Waals surface area contributed by atoms with Gasteiger partial charge in [-0.3, -0.25) is 14.8 Å². The summed E-state index contributed by atoms with van der Waals surface area (Å²) in [6.45, 7) is 4.74. The van der Waals surface area contributed by atoms with Crippen molar-refractivity contribution in [3.8, 4) is 34.8 Å². The Kier molecular flexibility index (Phi) is 13.1. The van der Waals surface area contributed by atoms with Crippen LogP contribution in [0.4, 0.5) is 0 Å². The lowest BCUT2D eigenvalue weighted by molar-refractivity contribution is -0.167. The molecule has 2 aromatic carbocycles. The number of carbonyl (C=O) groups is 2. The van der Waals surface area contributed by atoms with Crippen LogP contribution in [0.5, 0.6) is 34.8 Å². The van der Waals surface area contributed by atoms with Crippen LogP contribution in [0.25, 0.3) is 0 Å². The quantitative estimate of drug-likeness (QED) is 0.127. The predicted octanol–water partition coefficient (Wildman–Crippen LogP) is 6.56. The second-order valence-electron chi connectivity index (χ2n) is 16.0. The Morgan fingerprint density at radius 3 is 1.52 bits per heavy atom. The molecule has 332 valence electrons. The number of ether oxygens (including phenoxy) is 8. The average Bonchev–Trinajstić information content (AvgIpc) is 3.31. The summed E-state index contributed by atoms with van der Waals surface area (Å²) in [6, 6.07) is 15.2. The Bertz CT molecular complexity index is 2370. The molecular weight excluding hydrogens is 809 g/mol. The molecule has 4 aromatic rings. The molecule has 15 heteroatoms. The molecule has 0 saturated heterocycles. The molecule has 2 aromatic heterocycles. The van der Waals surface area contributed by atoms with Crippen molar-refractivity contribution in [2.75, 3.05) is 41.7 Å². The summed E-state index contributed by atoms with van der Waals surface area (Å²) in [6.07, 6.45) is 3.69. The van der Waals surface area contributed by atoms with Gasteiger partial charge in [-0.2, -0.15) is 0 Å². The van der Waals surface area contributed by atoms with Crippen LogP contribution in [0.2, 0.25) is 0 Å². The molecule has 2 saturated carbocycles. The topological polar surface area (TPSA) is 179 Å². The highest BCUT2D eigenvalue weighted by molar-refractivity contribution is 6.15. The van der Waals surface area contributed by atoms with Gasteiger partial charge in [0.2, 0.25) is 11.8 Å². The van der Waals surface area contributed by atoms with Gasteiger partial charge in [0.25, 0.3) is 0 Å². The maximum atomic E-state index is 13.4. The summed E-state index contributed by atoms with van der Waals surface area (Å²) >= 11 is 0. The number of benzene rings is 2. The highest BCUT2D eigenvalue weighted by Crippen LogP contribution is 2.47. The first-order valence-corrected chi connectivity index (χ1v) is 21.6. The maximum absolute atomic E-state index is 13.4. The largest absolute Gasteiger partial charge is 0.493 e. The van der Waals surface area contributed by atoms with Crippen molar-refractivity contribution in [3.63, 3.8) is 0 Å². The Hall–Kier alpha value is -6.22. The van der Waals surface area contributed by atoms with Gasteiger partial charge in [-0.15, -0.1) is 0 Å². The van der Waals surface area contributed by atoms with Gasteiger partial charge in [0.05, 0.1) is 71.6 Å². The Morgan fingerprint density at radius 1 is 0.635 bits per heavy atom. The van der Waals surface area contributed by atoms with Crippen LogP contribution in [0, 0.1) is 0 Å². The molecule has 2 aliphatic heterocycles. The summed E-state index contributed by atoms with van der Waals surface area (Å²) in [4.78, 5) is 46.0. The van der Waals surface area contributed by atoms with Gasteiger partial charge in [0.1, 0.15) is 12.2 Å². The molecule has 8 rings (SSSR count). The number of aliphatic imine (C=N–C) groups is 2. The molecule has 2 aliphatic carbocycles. The van der Waals surface area contributed by atoms with E-state index in [1.54, 1.807) is 53.0 Å². The average molecular weight is 863 g/mol. The molecule has 0 spiro atoms. The van der Waals surface area contributed by atoms with Gasteiger partial charge in [0, 0.05) is 58.6 Å². The number of aliphatic hydroxyl groups excluding tert-OH is 1. The molecule has 63 heavy (non-hydrogen) atoms. The molecule has 4 heterocycles. The first-order valence-electron chi connectivity index (χ1n) is 21.6. The van der Waals surface area contributed by atoms with Crippen molar-refractivity contribution in [2.24, 2.45) is 9.98 Å². The fourth-order valence-electron chi connectivity index (χ4n) is 9.39. The summed E-state index contributed by atoms with van der Waals surface area (Å²) in [5.41, 5.74) is 7.02. The van der Waals surface area contributed by atoms with Crippen LogP contribution in [0.3, 0.4) is 0 Å². The third kappa shape index (κ3) is 9.01. The highest BCUT2D eigenvalue weighted by atomic mass is 16.6. The van der Waals surface area contributed by atoms with E-state index in [4.69, 9.17) is 47.9 Å².